The fraction of sp³-hybridized carbons (Fsp3) is 0.545. The van der Waals surface area contributed by atoms with Crippen molar-refractivity contribution in [2.45, 2.75) is 19.9 Å². The number of sulfonamides is 1. The molecule has 17 heavy (non-hydrogen) atoms. The lowest BCUT2D eigenvalue weighted by Crippen LogP contribution is -2.27. The van der Waals surface area contributed by atoms with E-state index in [1.165, 1.54) is 18.4 Å². The Morgan fingerprint density at radius 1 is 1.35 bits per heavy atom. The predicted octanol–water partition coefficient (Wildman–Crippen LogP) is 0.438. The molecule has 6 heteroatoms. The molecule has 1 heterocycles. The molecule has 1 rings (SSSR count). The molecule has 1 aromatic rings. The topological polar surface area (TPSA) is 59.4 Å². The summed E-state index contributed by atoms with van der Waals surface area (Å²) in [5, 5.41) is 0. The van der Waals surface area contributed by atoms with E-state index < -0.39 is 10.0 Å². The summed E-state index contributed by atoms with van der Waals surface area (Å²) in [7, 11) is -0.157. The second kappa shape index (κ2) is 5.46. The lowest BCUT2D eigenvalue weighted by molar-refractivity contribution is 0.514. The molecule has 0 radical (unpaired) electrons. The zero-order valence-corrected chi connectivity index (χ0v) is 11.2. The lowest BCUT2D eigenvalue weighted by Gasteiger charge is -2.11. The van der Waals surface area contributed by atoms with Gasteiger partial charge in [-0.15, -0.1) is 0 Å². The Balaban J connectivity index is 2.64. The molecule has 5 nitrogen and oxygen atoms in total. The van der Waals surface area contributed by atoms with Gasteiger partial charge in [0.1, 0.15) is 0 Å². The Bertz CT molecular complexity index is 532. The van der Waals surface area contributed by atoms with Gasteiger partial charge in [0.15, 0.2) is 0 Å². The van der Waals surface area contributed by atoms with E-state index in [1.54, 1.807) is 29.8 Å². The molecule has 0 atom stereocenters. The minimum atomic E-state index is -3.17. The molecule has 1 aromatic heterocycles. The monoisotopic (exact) mass is 258 g/mol. The van der Waals surface area contributed by atoms with E-state index in [-0.39, 0.29) is 11.3 Å². The summed E-state index contributed by atoms with van der Waals surface area (Å²) in [4.78, 5) is 11.7. The SMILES string of the molecule is Cc1cccn(CCCS(=O)(=O)N(C)C)c1=O. The molecule has 0 aliphatic rings. The Morgan fingerprint density at radius 2 is 2.00 bits per heavy atom. The van der Waals surface area contributed by atoms with E-state index in [9.17, 15) is 13.2 Å². The molecule has 0 aliphatic heterocycles. The molecule has 0 unspecified atom stereocenters. The van der Waals surface area contributed by atoms with Crippen molar-refractivity contribution in [1.82, 2.24) is 8.87 Å². The van der Waals surface area contributed by atoms with Gasteiger partial charge in [-0.05, 0) is 19.4 Å². The molecular formula is C11H18N2O3S. The molecule has 0 spiro atoms. The minimum absolute atomic E-state index is 0.0559. The largest absolute Gasteiger partial charge is 0.315 e. The van der Waals surface area contributed by atoms with Crippen LogP contribution in [0.4, 0.5) is 0 Å². The summed E-state index contributed by atoms with van der Waals surface area (Å²) in [5.74, 6) is 0.0559. The molecule has 0 N–H and O–H groups in total. The van der Waals surface area contributed by atoms with Gasteiger partial charge < -0.3 is 4.57 Å². The van der Waals surface area contributed by atoms with Crippen LogP contribution in [0.15, 0.2) is 23.1 Å². The van der Waals surface area contributed by atoms with Gasteiger partial charge in [-0.3, -0.25) is 4.79 Å². The summed E-state index contributed by atoms with van der Waals surface area (Å²) < 4.78 is 25.8. The van der Waals surface area contributed by atoms with Crippen LogP contribution in [0, 0.1) is 6.92 Å². The first-order valence-electron chi connectivity index (χ1n) is 5.41. The fourth-order valence-corrected chi connectivity index (χ4v) is 2.29. The molecular weight excluding hydrogens is 240 g/mol. The zero-order chi connectivity index (χ0) is 13.1. The van der Waals surface area contributed by atoms with Crippen molar-refractivity contribution in [2.75, 3.05) is 19.8 Å². The predicted molar refractivity (Wildman–Crippen MR) is 67.5 cm³/mol. The van der Waals surface area contributed by atoms with Gasteiger partial charge in [0.25, 0.3) is 5.56 Å². The molecule has 0 saturated heterocycles. The van der Waals surface area contributed by atoms with Crippen LogP contribution in [-0.2, 0) is 16.6 Å². The van der Waals surface area contributed by atoms with Crippen molar-refractivity contribution in [3.63, 3.8) is 0 Å². The number of rotatable bonds is 5. The maximum Gasteiger partial charge on any atom is 0.253 e. The third kappa shape index (κ3) is 3.67. The summed E-state index contributed by atoms with van der Waals surface area (Å²) in [5.41, 5.74) is 0.609. The Hall–Kier alpha value is -1.14. The fourth-order valence-electron chi connectivity index (χ4n) is 1.43. The van der Waals surface area contributed by atoms with E-state index in [0.29, 0.717) is 18.5 Å². The normalized spacial score (nSPS) is 12.0. The van der Waals surface area contributed by atoms with Gasteiger partial charge in [-0.2, -0.15) is 0 Å². The summed E-state index contributed by atoms with van der Waals surface area (Å²) in [6.07, 6.45) is 2.11. The van der Waals surface area contributed by atoms with Crippen molar-refractivity contribution in [3.05, 3.63) is 34.2 Å². The van der Waals surface area contributed by atoms with Gasteiger partial charge in [-0.25, -0.2) is 12.7 Å². The molecule has 0 bridgehead atoms. The van der Waals surface area contributed by atoms with Crippen molar-refractivity contribution in [1.29, 1.82) is 0 Å². The van der Waals surface area contributed by atoms with Crippen LogP contribution in [0.25, 0.3) is 0 Å². The molecule has 96 valence electrons. The van der Waals surface area contributed by atoms with Crippen molar-refractivity contribution < 1.29 is 8.42 Å². The third-order valence-electron chi connectivity index (χ3n) is 2.57. The number of hydrogen-bond acceptors (Lipinski definition) is 3. The highest BCUT2D eigenvalue weighted by atomic mass is 32.2. The minimum Gasteiger partial charge on any atom is -0.315 e. The highest BCUT2D eigenvalue weighted by molar-refractivity contribution is 7.89. The number of nitrogens with zero attached hydrogens (tertiary/aromatic N) is 2. The Morgan fingerprint density at radius 3 is 2.59 bits per heavy atom. The molecule has 0 saturated carbocycles. The molecule has 0 amide bonds. The lowest BCUT2D eigenvalue weighted by atomic mass is 10.3. The van der Waals surface area contributed by atoms with Crippen LogP contribution in [0.2, 0.25) is 0 Å². The quantitative estimate of drug-likeness (QED) is 0.770. The summed E-state index contributed by atoms with van der Waals surface area (Å²) in [6.45, 7) is 2.17. The van der Waals surface area contributed by atoms with Gasteiger partial charge in [0, 0.05) is 32.4 Å². The van der Waals surface area contributed by atoms with Crippen LogP contribution in [-0.4, -0.2) is 37.1 Å². The summed E-state index contributed by atoms with van der Waals surface area (Å²) >= 11 is 0. The molecule has 0 fully saturated rings. The highest BCUT2D eigenvalue weighted by Crippen LogP contribution is 1.99. The molecule has 0 aromatic carbocycles. The zero-order valence-electron chi connectivity index (χ0n) is 10.4. The van der Waals surface area contributed by atoms with Gasteiger partial charge >= 0.3 is 0 Å². The first-order chi connectivity index (χ1) is 7.84. The van der Waals surface area contributed by atoms with Crippen LogP contribution in [0.3, 0.4) is 0 Å². The van der Waals surface area contributed by atoms with Crippen LogP contribution in [0.1, 0.15) is 12.0 Å². The summed E-state index contributed by atoms with van der Waals surface area (Å²) in [6, 6.07) is 3.53. The second-order valence-electron chi connectivity index (χ2n) is 4.14. The molecule has 0 aliphatic carbocycles. The van der Waals surface area contributed by atoms with Crippen molar-refractivity contribution in [2.24, 2.45) is 0 Å². The van der Waals surface area contributed by atoms with E-state index in [4.69, 9.17) is 0 Å². The maximum atomic E-state index is 11.7. The van der Waals surface area contributed by atoms with Crippen molar-refractivity contribution in [3.8, 4) is 0 Å². The second-order valence-corrected chi connectivity index (χ2v) is 6.44. The average molecular weight is 258 g/mol. The van der Waals surface area contributed by atoms with E-state index in [0.717, 1.165) is 0 Å². The van der Waals surface area contributed by atoms with E-state index in [1.807, 2.05) is 0 Å². The van der Waals surface area contributed by atoms with Gasteiger partial charge in [-0.1, -0.05) is 6.07 Å². The third-order valence-corrected chi connectivity index (χ3v) is 4.49. The number of aryl methyl sites for hydroxylation is 2. The van der Waals surface area contributed by atoms with Crippen molar-refractivity contribution >= 4 is 10.0 Å². The average Bonchev–Trinajstić information content (AvgIpc) is 2.24. The van der Waals surface area contributed by atoms with Crippen LogP contribution in [0.5, 0.6) is 0 Å². The standard InChI is InChI=1S/C11H18N2O3S/c1-10-6-4-7-13(11(10)14)8-5-9-17(15,16)12(2)3/h4,6-7H,5,8-9H2,1-3H3. The van der Waals surface area contributed by atoms with E-state index >= 15 is 0 Å². The maximum absolute atomic E-state index is 11.7. The number of pyridine rings is 1. The van der Waals surface area contributed by atoms with Gasteiger partial charge in [0.05, 0.1) is 5.75 Å². The Kier molecular flexibility index (Phi) is 4.47. The van der Waals surface area contributed by atoms with Crippen LogP contribution < -0.4 is 5.56 Å². The van der Waals surface area contributed by atoms with Crippen LogP contribution >= 0.6 is 0 Å². The van der Waals surface area contributed by atoms with Gasteiger partial charge in [0.2, 0.25) is 10.0 Å². The number of hydrogen-bond donors (Lipinski definition) is 0. The Labute approximate surface area is 102 Å². The smallest absolute Gasteiger partial charge is 0.253 e. The number of aromatic nitrogens is 1. The highest BCUT2D eigenvalue weighted by Gasteiger charge is 2.12. The van der Waals surface area contributed by atoms with E-state index in [2.05, 4.69) is 0 Å². The first kappa shape index (κ1) is 13.9. The first-order valence-corrected chi connectivity index (χ1v) is 7.02.